The van der Waals surface area contributed by atoms with Gasteiger partial charge in [0.15, 0.2) is 0 Å². The highest BCUT2D eigenvalue weighted by Crippen LogP contribution is 2.26. The molecule has 44 heavy (non-hydrogen) atoms. The van der Waals surface area contributed by atoms with Crippen molar-refractivity contribution in [2.75, 3.05) is 10.8 Å². The van der Waals surface area contributed by atoms with Crippen molar-refractivity contribution >= 4 is 50.1 Å². The monoisotopic (exact) mass is 727 g/mol. The number of benzene rings is 4. The highest BCUT2D eigenvalue weighted by atomic mass is 127. The molecule has 0 aromatic heterocycles. The molecule has 230 valence electrons. The van der Waals surface area contributed by atoms with Crippen LogP contribution in [0.4, 0.5) is 10.1 Å². The van der Waals surface area contributed by atoms with Gasteiger partial charge in [0.1, 0.15) is 18.4 Å². The second-order valence-corrected chi connectivity index (χ2v) is 13.6. The van der Waals surface area contributed by atoms with Gasteiger partial charge in [-0.25, -0.2) is 12.8 Å². The van der Waals surface area contributed by atoms with Gasteiger partial charge in [-0.05, 0) is 95.6 Å². The van der Waals surface area contributed by atoms with Gasteiger partial charge in [-0.2, -0.15) is 0 Å². The lowest BCUT2D eigenvalue weighted by Gasteiger charge is -2.34. The largest absolute Gasteiger partial charge is 0.352 e. The smallest absolute Gasteiger partial charge is 0.264 e. The Hall–Kier alpha value is -3.77. The average molecular weight is 728 g/mol. The molecule has 4 rings (SSSR count). The van der Waals surface area contributed by atoms with E-state index in [-0.39, 0.29) is 29.8 Å². The molecule has 0 fully saturated rings. The molecule has 2 atom stereocenters. The summed E-state index contributed by atoms with van der Waals surface area (Å²) in [5.41, 5.74) is 1.74. The summed E-state index contributed by atoms with van der Waals surface area (Å²) in [5, 5.41) is 3.00. The van der Waals surface area contributed by atoms with E-state index in [0.717, 1.165) is 13.4 Å². The lowest BCUT2D eigenvalue weighted by molar-refractivity contribution is -0.140. The zero-order chi connectivity index (χ0) is 31.7. The van der Waals surface area contributed by atoms with Crippen molar-refractivity contribution < 1.29 is 22.4 Å². The van der Waals surface area contributed by atoms with Gasteiger partial charge in [-0.15, -0.1) is 0 Å². The lowest BCUT2D eigenvalue weighted by atomic mass is 10.0. The molecule has 4 aromatic rings. The SMILES string of the molecule is CCC(C)NC(=O)C(Cc1ccccc1)N(Cc1ccc(F)cc1)C(=O)CN(c1ccc(I)cc1)S(=O)(=O)c1ccccc1. The molecule has 2 unspecified atom stereocenters. The molecule has 10 heteroatoms. The Balaban J connectivity index is 1.79. The third-order valence-corrected chi connectivity index (χ3v) is 9.77. The third kappa shape index (κ3) is 8.66. The highest BCUT2D eigenvalue weighted by Gasteiger charge is 2.35. The molecule has 0 heterocycles. The predicted octanol–water partition coefficient (Wildman–Crippen LogP) is 6.18. The number of nitrogens with one attached hydrogen (secondary N) is 1. The first-order chi connectivity index (χ1) is 21.1. The summed E-state index contributed by atoms with van der Waals surface area (Å²) >= 11 is 2.13. The molecule has 7 nitrogen and oxygen atoms in total. The average Bonchev–Trinajstić information content (AvgIpc) is 3.03. The number of rotatable bonds is 13. The Labute approximate surface area is 272 Å². The molecule has 0 saturated carbocycles. The molecular weight excluding hydrogens is 692 g/mol. The minimum atomic E-state index is -4.17. The van der Waals surface area contributed by atoms with E-state index in [0.29, 0.717) is 17.7 Å². The van der Waals surface area contributed by atoms with Crippen LogP contribution in [0.5, 0.6) is 0 Å². The Kier molecular flexibility index (Phi) is 11.5. The van der Waals surface area contributed by atoms with Crippen molar-refractivity contribution in [3.8, 4) is 0 Å². The van der Waals surface area contributed by atoms with Crippen LogP contribution >= 0.6 is 22.6 Å². The van der Waals surface area contributed by atoms with Gasteiger partial charge in [0.2, 0.25) is 11.8 Å². The van der Waals surface area contributed by atoms with Crippen molar-refractivity contribution in [3.05, 3.63) is 130 Å². The van der Waals surface area contributed by atoms with Crippen LogP contribution in [0.2, 0.25) is 0 Å². The molecule has 1 N–H and O–H groups in total. The summed E-state index contributed by atoms with van der Waals surface area (Å²) in [4.78, 5) is 29.7. The molecule has 0 aliphatic rings. The molecule has 0 aliphatic heterocycles. The summed E-state index contributed by atoms with van der Waals surface area (Å²) in [6.07, 6.45) is 0.886. The van der Waals surface area contributed by atoms with Crippen molar-refractivity contribution in [3.63, 3.8) is 0 Å². The maximum absolute atomic E-state index is 14.4. The molecule has 4 aromatic carbocycles. The van der Waals surface area contributed by atoms with Gasteiger partial charge >= 0.3 is 0 Å². The van der Waals surface area contributed by atoms with Gasteiger partial charge < -0.3 is 10.2 Å². The summed E-state index contributed by atoms with van der Waals surface area (Å²) in [6, 6.07) is 28.7. The zero-order valence-corrected chi connectivity index (χ0v) is 27.5. The highest BCUT2D eigenvalue weighted by molar-refractivity contribution is 14.1. The third-order valence-electron chi connectivity index (χ3n) is 7.26. The van der Waals surface area contributed by atoms with E-state index in [4.69, 9.17) is 0 Å². The van der Waals surface area contributed by atoms with E-state index in [1.54, 1.807) is 54.6 Å². The minimum absolute atomic E-state index is 0.0313. The van der Waals surface area contributed by atoms with Gasteiger partial charge in [0.25, 0.3) is 10.0 Å². The first-order valence-electron chi connectivity index (χ1n) is 14.3. The Morgan fingerprint density at radius 1 is 0.841 bits per heavy atom. The Morgan fingerprint density at radius 3 is 2.02 bits per heavy atom. The van der Waals surface area contributed by atoms with Crippen LogP contribution < -0.4 is 9.62 Å². The van der Waals surface area contributed by atoms with Gasteiger partial charge in [-0.1, -0.05) is 67.6 Å². The van der Waals surface area contributed by atoms with Crippen molar-refractivity contribution in [2.45, 2.75) is 50.2 Å². The fourth-order valence-electron chi connectivity index (χ4n) is 4.64. The van der Waals surface area contributed by atoms with Crippen LogP contribution in [-0.4, -0.2) is 43.8 Å². The molecule has 0 bridgehead atoms. The number of amides is 2. The van der Waals surface area contributed by atoms with Crippen LogP contribution in [0, 0.1) is 9.39 Å². The summed E-state index contributed by atoms with van der Waals surface area (Å²) in [6.45, 7) is 3.25. The van der Waals surface area contributed by atoms with Crippen molar-refractivity contribution in [1.82, 2.24) is 10.2 Å². The van der Waals surface area contributed by atoms with Gasteiger partial charge in [0.05, 0.1) is 10.6 Å². The fourth-order valence-corrected chi connectivity index (χ4v) is 6.43. The number of carbonyl (C=O) groups excluding carboxylic acids is 2. The number of hydrogen-bond donors (Lipinski definition) is 1. The normalized spacial score (nSPS) is 12.6. The van der Waals surface area contributed by atoms with Crippen LogP contribution in [0.1, 0.15) is 31.4 Å². The van der Waals surface area contributed by atoms with Crippen LogP contribution in [0.15, 0.2) is 114 Å². The van der Waals surface area contributed by atoms with E-state index in [9.17, 15) is 22.4 Å². The predicted molar refractivity (Wildman–Crippen MR) is 179 cm³/mol. The molecule has 0 spiro atoms. The van der Waals surface area contributed by atoms with Crippen molar-refractivity contribution in [1.29, 1.82) is 0 Å². The van der Waals surface area contributed by atoms with Crippen LogP contribution in [0.3, 0.4) is 0 Å². The van der Waals surface area contributed by atoms with E-state index >= 15 is 0 Å². The first-order valence-corrected chi connectivity index (χ1v) is 16.8. The summed E-state index contributed by atoms with van der Waals surface area (Å²) in [5.74, 6) is -1.36. The van der Waals surface area contributed by atoms with E-state index in [1.807, 2.05) is 44.2 Å². The Morgan fingerprint density at radius 2 is 1.43 bits per heavy atom. The van der Waals surface area contributed by atoms with E-state index in [2.05, 4.69) is 27.9 Å². The molecule has 0 radical (unpaired) electrons. The summed E-state index contributed by atoms with van der Waals surface area (Å²) in [7, 11) is -4.17. The number of carbonyl (C=O) groups is 2. The topological polar surface area (TPSA) is 86.8 Å². The number of nitrogens with zero attached hydrogens (tertiary/aromatic N) is 2. The van der Waals surface area contributed by atoms with E-state index < -0.39 is 34.3 Å². The standard InChI is InChI=1S/C34H35FIN3O4S/c1-3-25(2)37-34(41)32(22-26-10-6-4-7-11-26)38(23-27-14-16-28(35)17-15-27)33(40)24-39(30-20-18-29(36)19-21-30)44(42,43)31-12-8-5-9-13-31/h4-21,25,32H,3,22-24H2,1-2H3,(H,37,41). The second kappa shape index (κ2) is 15.3. The second-order valence-electron chi connectivity index (χ2n) is 10.5. The maximum atomic E-state index is 14.4. The number of sulfonamides is 1. The van der Waals surface area contributed by atoms with Crippen LogP contribution in [0.25, 0.3) is 0 Å². The number of hydrogen-bond acceptors (Lipinski definition) is 4. The number of anilines is 1. The minimum Gasteiger partial charge on any atom is -0.352 e. The first kappa shape index (κ1) is 33.1. The quantitative estimate of drug-likeness (QED) is 0.167. The molecule has 0 aliphatic carbocycles. The fraction of sp³-hybridized carbons (Fsp3) is 0.235. The zero-order valence-electron chi connectivity index (χ0n) is 24.6. The van der Waals surface area contributed by atoms with Crippen molar-refractivity contribution in [2.24, 2.45) is 0 Å². The lowest BCUT2D eigenvalue weighted by Crippen LogP contribution is -2.54. The molecular formula is C34H35FIN3O4S. The molecule has 0 saturated heterocycles. The summed E-state index contributed by atoms with van der Waals surface area (Å²) < 4.78 is 43.7. The van der Waals surface area contributed by atoms with Gasteiger partial charge in [0, 0.05) is 22.6 Å². The molecule has 2 amide bonds. The van der Waals surface area contributed by atoms with Gasteiger partial charge in [-0.3, -0.25) is 13.9 Å². The van der Waals surface area contributed by atoms with Crippen LogP contribution in [-0.2, 0) is 32.6 Å². The Bertz CT molecular complexity index is 1640. The number of halogens is 2. The maximum Gasteiger partial charge on any atom is 0.264 e. The van der Waals surface area contributed by atoms with E-state index in [1.165, 1.54) is 29.2 Å².